The highest BCUT2D eigenvalue weighted by atomic mass is 16.5. The Labute approximate surface area is 145 Å². The fraction of sp³-hybridized carbons (Fsp3) is 0.889. The van der Waals surface area contributed by atoms with Crippen LogP contribution in [0.3, 0.4) is 0 Å². The average molecular weight is 340 g/mol. The van der Waals surface area contributed by atoms with E-state index in [-0.39, 0.29) is 30.4 Å². The maximum absolute atomic E-state index is 12.7. The minimum atomic E-state index is -0.0697. The third-order valence-electron chi connectivity index (χ3n) is 5.07. The predicted molar refractivity (Wildman–Crippen MR) is 91.6 cm³/mol. The van der Waals surface area contributed by atoms with Crippen molar-refractivity contribution in [3.8, 4) is 0 Å². The standard InChI is InChI=1S/C18H32N2O4/c1-23-12-13-24-14-17(21)20-11-7-3-2-6-10-19-18(22)15-8-4-5-9-16(15)20/h15-16H,2-14H2,1H3,(H,19,22)/t15-,16+/m1/s1. The number of carbonyl (C=O) groups is 2. The number of nitrogens with one attached hydrogen (secondary N) is 1. The van der Waals surface area contributed by atoms with Gasteiger partial charge >= 0.3 is 0 Å². The number of hydrogen-bond acceptors (Lipinski definition) is 4. The van der Waals surface area contributed by atoms with Crippen molar-refractivity contribution in [2.45, 2.75) is 57.4 Å². The van der Waals surface area contributed by atoms with Crippen molar-refractivity contribution in [1.29, 1.82) is 0 Å². The summed E-state index contributed by atoms with van der Waals surface area (Å²) in [6, 6.07) is 0.0235. The number of hydrogen-bond donors (Lipinski definition) is 1. The third-order valence-corrected chi connectivity index (χ3v) is 5.07. The Hall–Kier alpha value is -1.14. The van der Waals surface area contributed by atoms with Crippen LogP contribution in [0.5, 0.6) is 0 Å². The highest BCUT2D eigenvalue weighted by Gasteiger charge is 2.36. The zero-order chi connectivity index (χ0) is 17.2. The second-order valence-corrected chi connectivity index (χ2v) is 6.80. The minimum absolute atomic E-state index is 0.00931. The van der Waals surface area contributed by atoms with E-state index in [0.29, 0.717) is 13.2 Å². The summed E-state index contributed by atoms with van der Waals surface area (Å²) in [4.78, 5) is 27.2. The van der Waals surface area contributed by atoms with Crippen molar-refractivity contribution in [3.63, 3.8) is 0 Å². The van der Waals surface area contributed by atoms with Crippen LogP contribution in [0.25, 0.3) is 0 Å². The lowest BCUT2D eigenvalue weighted by Crippen LogP contribution is -2.52. The smallest absolute Gasteiger partial charge is 0.248 e. The largest absolute Gasteiger partial charge is 0.382 e. The molecule has 0 aromatic rings. The molecule has 1 N–H and O–H groups in total. The molecule has 2 aliphatic rings. The van der Waals surface area contributed by atoms with Crippen molar-refractivity contribution in [2.75, 3.05) is 40.0 Å². The van der Waals surface area contributed by atoms with E-state index >= 15 is 0 Å². The molecule has 2 atom stereocenters. The van der Waals surface area contributed by atoms with Crippen LogP contribution < -0.4 is 5.32 Å². The van der Waals surface area contributed by atoms with Gasteiger partial charge in [-0.2, -0.15) is 0 Å². The Morgan fingerprint density at radius 3 is 2.75 bits per heavy atom. The van der Waals surface area contributed by atoms with E-state index in [1.54, 1.807) is 7.11 Å². The number of methoxy groups -OCH3 is 1. The molecule has 0 radical (unpaired) electrons. The number of fused-ring (bicyclic) bond motifs is 1. The topological polar surface area (TPSA) is 67.9 Å². The minimum Gasteiger partial charge on any atom is -0.382 e. The van der Waals surface area contributed by atoms with Crippen molar-refractivity contribution >= 4 is 11.8 Å². The molecule has 138 valence electrons. The Bertz CT molecular complexity index is 402. The summed E-state index contributed by atoms with van der Waals surface area (Å²) in [5.74, 6) is 0.0644. The summed E-state index contributed by atoms with van der Waals surface area (Å²) >= 11 is 0. The van der Waals surface area contributed by atoms with Crippen molar-refractivity contribution in [2.24, 2.45) is 5.92 Å². The second-order valence-electron chi connectivity index (χ2n) is 6.80. The lowest BCUT2D eigenvalue weighted by Gasteiger charge is -2.39. The van der Waals surface area contributed by atoms with Crippen LogP contribution in [-0.2, 0) is 19.1 Å². The maximum Gasteiger partial charge on any atom is 0.248 e. The van der Waals surface area contributed by atoms with E-state index in [2.05, 4.69) is 5.32 Å². The van der Waals surface area contributed by atoms with Crippen LogP contribution in [-0.4, -0.2) is 62.8 Å². The molecule has 2 amide bonds. The number of rotatable bonds is 5. The summed E-state index contributed by atoms with van der Waals surface area (Å²) in [5, 5.41) is 3.07. The van der Waals surface area contributed by atoms with Gasteiger partial charge in [0.05, 0.1) is 19.1 Å². The molecule has 1 aliphatic carbocycles. The number of ether oxygens (including phenoxy) is 2. The SMILES string of the molecule is COCCOCC(=O)N1CCCCCCNC(=O)[C@@H]2CCCC[C@@H]21. The van der Waals surface area contributed by atoms with E-state index in [0.717, 1.165) is 64.5 Å². The molecule has 1 saturated carbocycles. The molecule has 1 aliphatic heterocycles. The van der Waals surface area contributed by atoms with Crippen LogP contribution in [0.2, 0.25) is 0 Å². The van der Waals surface area contributed by atoms with Crippen LogP contribution in [0.4, 0.5) is 0 Å². The van der Waals surface area contributed by atoms with Crippen molar-refractivity contribution < 1.29 is 19.1 Å². The molecule has 0 spiro atoms. The van der Waals surface area contributed by atoms with Gasteiger partial charge in [-0.1, -0.05) is 25.7 Å². The maximum atomic E-state index is 12.7. The average Bonchev–Trinajstić information content (AvgIpc) is 2.63. The highest BCUT2D eigenvalue weighted by molar-refractivity contribution is 5.82. The Morgan fingerprint density at radius 1 is 1.12 bits per heavy atom. The molecule has 24 heavy (non-hydrogen) atoms. The molecular formula is C18H32N2O4. The summed E-state index contributed by atoms with van der Waals surface area (Å²) in [5.41, 5.74) is 0. The van der Waals surface area contributed by atoms with Crippen LogP contribution in [0.15, 0.2) is 0 Å². The van der Waals surface area contributed by atoms with Gasteiger partial charge in [-0.25, -0.2) is 0 Å². The van der Waals surface area contributed by atoms with E-state index < -0.39 is 0 Å². The summed E-state index contributed by atoms with van der Waals surface area (Å²) in [7, 11) is 1.62. The normalized spacial score (nSPS) is 26.2. The van der Waals surface area contributed by atoms with Gasteiger partial charge in [-0.3, -0.25) is 9.59 Å². The van der Waals surface area contributed by atoms with Gasteiger partial charge in [0.25, 0.3) is 0 Å². The van der Waals surface area contributed by atoms with E-state index in [4.69, 9.17) is 9.47 Å². The Morgan fingerprint density at radius 2 is 1.92 bits per heavy atom. The van der Waals surface area contributed by atoms with Gasteiger partial charge in [0.1, 0.15) is 6.61 Å². The van der Waals surface area contributed by atoms with Gasteiger partial charge in [0.2, 0.25) is 11.8 Å². The first-order chi connectivity index (χ1) is 11.7. The summed E-state index contributed by atoms with van der Waals surface area (Å²) in [6.45, 7) is 2.48. The lowest BCUT2D eigenvalue weighted by atomic mass is 9.82. The molecule has 1 saturated heterocycles. The van der Waals surface area contributed by atoms with E-state index in [1.807, 2.05) is 4.90 Å². The molecule has 2 rings (SSSR count). The van der Waals surface area contributed by atoms with Crippen LogP contribution in [0, 0.1) is 5.92 Å². The first-order valence-electron chi connectivity index (χ1n) is 9.38. The lowest BCUT2D eigenvalue weighted by molar-refractivity contribution is -0.143. The molecule has 0 bridgehead atoms. The number of carbonyl (C=O) groups excluding carboxylic acids is 2. The molecule has 0 unspecified atom stereocenters. The quantitative estimate of drug-likeness (QED) is 0.774. The molecule has 2 fully saturated rings. The van der Waals surface area contributed by atoms with Gasteiger partial charge in [0.15, 0.2) is 0 Å². The number of amides is 2. The fourth-order valence-electron chi connectivity index (χ4n) is 3.75. The second kappa shape index (κ2) is 10.7. The number of nitrogens with zero attached hydrogens (tertiary/aromatic N) is 1. The van der Waals surface area contributed by atoms with Crippen molar-refractivity contribution in [1.82, 2.24) is 10.2 Å². The fourth-order valence-corrected chi connectivity index (χ4v) is 3.75. The van der Waals surface area contributed by atoms with Gasteiger partial charge < -0.3 is 19.7 Å². The van der Waals surface area contributed by atoms with Crippen LogP contribution in [0.1, 0.15) is 51.4 Å². The molecule has 1 heterocycles. The molecule has 6 heteroatoms. The van der Waals surface area contributed by atoms with Gasteiger partial charge in [-0.05, 0) is 25.7 Å². The van der Waals surface area contributed by atoms with Gasteiger partial charge in [0, 0.05) is 26.2 Å². The van der Waals surface area contributed by atoms with E-state index in [9.17, 15) is 9.59 Å². The monoisotopic (exact) mass is 340 g/mol. The highest BCUT2D eigenvalue weighted by Crippen LogP contribution is 2.29. The molecule has 0 aromatic heterocycles. The molecule has 0 aromatic carbocycles. The zero-order valence-electron chi connectivity index (χ0n) is 14.9. The Kier molecular flexibility index (Phi) is 8.53. The van der Waals surface area contributed by atoms with E-state index in [1.165, 1.54) is 0 Å². The van der Waals surface area contributed by atoms with Crippen LogP contribution >= 0.6 is 0 Å². The zero-order valence-corrected chi connectivity index (χ0v) is 14.9. The Balaban J connectivity index is 2.04. The summed E-state index contributed by atoms with van der Waals surface area (Å²) in [6.07, 6.45) is 8.18. The molecule has 6 nitrogen and oxygen atoms in total. The first-order valence-corrected chi connectivity index (χ1v) is 9.38. The molecular weight excluding hydrogens is 308 g/mol. The third kappa shape index (κ3) is 5.74. The first kappa shape index (κ1) is 19.2. The predicted octanol–water partition coefficient (Wildman–Crippen LogP) is 1.73. The van der Waals surface area contributed by atoms with Gasteiger partial charge in [-0.15, -0.1) is 0 Å². The van der Waals surface area contributed by atoms with Crippen molar-refractivity contribution in [3.05, 3.63) is 0 Å². The summed E-state index contributed by atoms with van der Waals surface area (Å²) < 4.78 is 10.4.